The number of nitrogens with zero attached hydrogens (tertiary/aromatic N) is 1. The van der Waals surface area contributed by atoms with E-state index in [0.29, 0.717) is 43.9 Å². The molecular formula is C25H35ClN2O5S. The van der Waals surface area contributed by atoms with Gasteiger partial charge in [-0.2, -0.15) is 0 Å². The summed E-state index contributed by atoms with van der Waals surface area (Å²) in [4.78, 5) is 15.0. The van der Waals surface area contributed by atoms with E-state index in [1.165, 1.54) is 13.8 Å². The molecule has 188 valence electrons. The molecular weight excluding hydrogens is 476 g/mol. The summed E-state index contributed by atoms with van der Waals surface area (Å²) in [7, 11) is -3.75. The highest BCUT2D eigenvalue weighted by Crippen LogP contribution is 2.42. The van der Waals surface area contributed by atoms with Crippen LogP contribution >= 0.6 is 11.6 Å². The molecule has 1 fully saturated rings. The molecule has 1 aromatic carbocycles. The van der Waals surface area contributed by atoms with Gasteiger partial charge in [-0.15, -0.1) is 11.6 Å². The lowest BCUT2D eigenvalue weighted by Gasteiger charge is -2.42. The second kappa shape index (κ2) is 10.7. The summed E-state index contributed by atoms with van der Waals surface area (Å²) < 4.78 is 38.7. The quantitative estimate of drug-likeness (QED) is 0.376. The van der Waals surface area contributed by atoms with Crippen molar-refractivity contribution in [2.45, 2.75) is 45.0 Å². The Bertz CT molecular complexity index is 1040. The Balaban J connectivity index is 1.98. The molecule has 1 amide bonds. The van der Waals surface area contributed by atoms with Crippen LogP contribution in [0.1, 0.15) is 44.0 Å². The standard InChI is InChI=1S/C25H35ClN2O5S/c1-6-18(5)25(14-26)15-28(13-20-9-10-22(20)32-7-2)21-12-19(8-11-23(21)33-16-25)24(29)27-34(30,31)17(3)4/h6,8,11-12,17,20,22H,1,5,7,9-10,13-16H2,2-4H3,(H,27,29)/t20-,22?,25-/m0/s1. The van der Waals surface area contributed by atoms with Crippen molar-refractivity contribution < 1.29 is 22.7 Å². The highest BCUT2D eigenvalue weighted by atomic mass is 35.5. The number of allylic oxidation sites excluding steroid dienone is 1. The van der Waals surface area contributed by atoms with Crippen LogP contribution in [0.15, 0.2) is 43.0 Å². The number of nitrogens with one attached hydrogen (secondary N) is 1. The highest BCUT2D eigenvalue weighted by molar-refractivity contribution is 7.90. The minimum absolute atomic E-state index is 0.188. The van der Waals surface area contributed by atoms with Crippen molar-refractivity contribution in [3.05, 3.63) is 48.6 Å². The first-order valence-electron chi connectivity index (χ1n) is 11.6. The number of carbonyl (C=O) groups is 1. The third kappa shape index (κ3) is 5.44. The number of anilines is 1. The molecule has 1 heterocycles. The summed E-state index contributed by atoms with van der Waals surface area (Å²) in [5.74, 6) is 0.562. The average Bonchev–Trinajstić information content (AvgIpc) is 2.96. The van der Waals surface area contributed by atoms with Gasteiger partial charge in [0.1, 0.15) is 12.4 Å². The van der Waals surface area contributed by atoms with E-state index >= 15 is 0 Å². The predicted molar refractivity (Wildman–Crippen MR) is 136 cm³/mol. The van der Waals surface area contributed by atoms with Crippen molar-refractivity contribution in [2.75, 3.05) is 37.1 Å². The van der Waals surface area contributed by atoms with Crippen LogP contribution in [0.3, 0.4) is 0 Å². The van der Waals surface area contributed by atoms with E-state index in [0.717, 1.165) is 24.1 Å². The van der Waals surface area contributed by atoms with Gasteiger partial charge in [0.2, 0.25) is 10.0 Å². The zero-order valence-electron chi connectivity index (χ0n) is 20.2. The first kappa shape index (κ1) is 26.6. The summed E-state index contributed by atoms with van der Waals surface area (Å²) in [6.07, 6.45) is 3.96. The molecule has 1 N–H and O–H groups in total. The Morgan fingerprint density at radius 3 is 2.71 bits per heavy atom. The van der Waals surface area contributed by atoms with Crippen LogP contribution in [-0.4, -0.2) is 57.9 Å². The van der Waals surface area contributed by atoms with E-state index in [9.17, 15) is 13.2 Å². The number of halogens is 1. The maximum atomic E-state index is 12.8. The maximum absolute atomic E-state index is 12.8. The van der Waals surface area contributed by atoms with E-state index in [2.05, 4.69) is 22.8 Å². The van der Waals surface area contributed by atoms with Gasteiger partial charge in [0, 0.05) is 37.1 Å². The van der Waals surface area contributed by atoms with Crippen LogP contribution < -0.4 is 14.4 Å². The summed E-state index contributed by atoms with van der Waals surface area (Å²) in [5.41, 5.74) is 1.20. The molecule has 2 aliphatic rings. The summed E-state index contributed by atoms with van der Waals surface area (Å²) in [6.45, 7) is 15.3. The predicted octanol–water partition coefficient (Wildman–Crippen LogP) is 4.14. The lowest BCUT2D eigenvalue weighted by Crippen LogP contribution is -2.48. The second-order valence-corrected chi connectivity index (χ2v) is 11.9. The van der Waals surface area contributed by atoms with Gasteiger partial charge in [-0.1, -0.05) is 19.2 Å². The first-order chi connectivity index (χ1) is 16.1. The number of rotatable bonds is 10. The Morgan fingerprint density at radius 2 is 2.15 bits per heavy atom. The van der Waals surface area contributed by atoms with Gasteiger partial charge in [-0.25, -0.2) is 13.1 Å². The molecule has 0 spiro atoms. The normalized spacial score (nSPS) is 24.4. The molecule has 1 unspecified atom stereocenters. The van der Waals surface area contributed by atoms with E-state index in [-0.39, 0.29) is 11.7 Å². The Hall–Kier alpha value is -2.03. The fourth-order valence-corrected chi connectivity index (χ4v) is 5.20. The van der Waals surface area contributed by atoms with Crippen LogP contribution in [0.25, 0.3) is 0 Å². The number of hydrogen-bond acceptors (Lipinski definition) is 6. The molecule has 7 nitrogen and oxygen atoms in total. The van der Waals surface area contributed by atoms with Crippen LogP contribution in [0, 0.1) is 11.3 Å². The van der Waals surface area contributed by atoms with Crippen LogP contribution in [0.4, 0.5) is 5.69 Å². The van der Waals surface area contributed by atoms with Crippen LogP contribution in [-0.2, 0) is 14.8 Å². The van der Waals surface area contributed by atoms with Gasteiger partial charge in [0.15, 0.2) is 0 Å². The summed E-state index contributed by atoms with van der Waals surface area (Å²) >= 11 is 6.47. The van der Waals surface area contributed by atoms with Gasteiger partial charge >= 0.3 is 0 Å². The molecule has 0 radical (unpaired) electrons. The maximum Gasteiger partial charge on any atom is 0.264 e. The van der Waals surface area contributed by atoms with Crippen molar-refractivity contribution >= 4 is 33.2 Å². The lowest BCUT2D eigenvalue weighted by molar-refractivity contribution is -0.0376. The Labute approximate surface area is 208 Å². The van der Waals surface area contributed by atoms with Gasteiger partial charge in [-0.05, 0) is 57.4 Å². The molecule has 0 bridgehead atoms. The van der Waals surface area contributed by atoms with Crippen LogP contribution in [0.5, 0.6) is 5.75 Å². The molecule has 1 aromatic rings. The topological polar surface area (TPSA) is 84.9 Å². The number of carbonyl (C=O) groups excluding carboxylic acids is 1. The number of benzene rings is 1. The summed E-state index contributed by atoms with van der Waals surface area (Å²) in [5, 5.41) is -0.722. The fourth-order valence-electron chi connectivity index (χ4n) is 4.25. The third-order valence-corrected chi connectivity index (χ3v) is 9.00. The van der Waals surface area contributed by atoms with Gasteiger partial charge in [0.25, 0.3) is 5.91 Å². The number of sulfonamides is 1. The van der Waals surface area contributed by atoms with Gasteiger partial charge in [-0.3, -0.25) is 4.79 Å². The van der Waals surface area contributed by atoms with Crippen molar-refractivity contribution in [3.63, 3.8) is 0 Å². The smallest absolute Gasteiger partial charge is 0.264 e. The monoisotopic (exact) mass is 510 g/mol. The fraction of sp³-hybridized carbons (Fsp3) is 0.560. The minimum Gasteiger partial charge on any atom is -0.490 e. The number of hydrogen-bond donors (Lipinski definition) is 1. The molecule has 1 aliphatic carbocycles. The zero-order chi connectivity index (χ0) is 25.1. The van der Waals surface area contributed by atoms with Crippen molar-refractivity contribution in [1.29, 1.82) is 0 Å². The molecule has 0 aromatic heterocycles. The van der Waals surface area contributed by atoms with Crippen molar-refractivity contribution in [2.24, 2.45) is 11.3 Å². The first-order valence-corrected chi connectivity index (χ1v) is 13.7. The number of alkyl halides is 1. The number of amides is 1. The summed E-state index contributed by atoms with van der Waals surface area (Å²) in [6, 6.07) is 4.97. The van der Waals surface area contributed by atoms with Gasteiger partial charge in [0.05, 0.1) is 22.5 Å². The van der Waals surface area contributed by atoms with E-state index in [1.807, 2.05) is 6.92 Å². The molecule has 9 heteroatoms. The van der Waals surface area contributed by atoms with E-state index in [4.69, 9.17) is 21.1 Å². The SMILES string of the molecule is C=CC(=C)[C@]1(CCl)COc2ccc(C(=O)NS(=O)(=O)C(C)C)cc2N(C[C@@H]2CCC2OCC)C1. The number of fused-ring (bicyclic) bond motifs is 1. The molecule has 1 saturated carbocycles. The largest absolute Gasteiger partial charge is 0.490 e. The molecule has 0 saturated heterocycles. The van der Waals surface area contributed by atoms with Gasteiger partial charge < -0.3 is 14.4 Å². The minimum atomic E-state index is -3.75. The Kier molecular flexibility index (Phi) is 8.37. The molecule has 34 heavy (non-hydrogen) atoms. The highest BCUT2D eigenvalue weighted by Gasteiger charge is 2.41. The lowest BCUT2D eigenvalue weighted by atomic mass is 9.79. The molecule has 3 rings (SSSR count). The average molecular weight is 511 g/mol. The number of ether oxygens (including phenoxy) is 2. The van der Waals surface area contributed by atoms with Crippen molar-refractivity contribution in [1.82, 2.24) is 4.72 Å². The molecule has 3 atom stereocenters. The van der Waals surface area contributed by atoms with E-state index in [1.54, 1.807) is 24.3 Å². The zero-order valence-corrected chi connectivity index (χ0v) is 21.8. The van der Waals surface area contributed by atoms with Crippen molar-refractivity contribution in [3.8, 4) is 5.75 Å². The van der Waals surface area contributed by atoms with Crippen LogP contribution in [0.2, 0.25) is 0 Å². The second-order valence-electron chi connectivity index (χ2n) is 9.35. The third-order valence-electron chi connectivity index (χ3n) is 6.78. The Morgan fingerprint density at radius 1 is 1.41 bits per heavy atom. The molecule has 1 aliphatic heterocycles. The van der Waals surface area contributed by atoms with E-state index < -0.39 is 26.6 Å².